The minimum atomic E-state index is -3.33. The highest BCUT2D eigenvalue weighted by Gasteiger charge is 2.24. The van der Waals surface area contributed by atoms with E-state index < -0.39 is 10.1 Å². The summed E-state index contributed by atoms with van der Waals surface area (Å²) in [5.41, 5.74) is 2.41. The molecule has 0 unspecified atom stereocenters. The highest BCUT2D eigenvalue weighted by molar-refractivity contribution is 7.85. The summed E-state index contributed by atoms with van der Waals surface area (Å²) < 4.78 is 27.1. The maximum Gasteiger partial charge on any atom is 0.264 e. The Hall–Kier alpha value is -1.46. The molecule has 4 nitrogen and oxygen atoms in total. The lowest BCUT2D eigenvalue weighted by atomic mass is 9.78. The number of fused-ring (bicyclic) bond motifs is 1. The molecule has 0 amide bonds. The number of para-hydroxylation sites is 1. The van der Waals surface area contributed by atoms with E-state index in [0.717, 1.165) is 37.5 Å². The second kappa shape index (κ2) is 6.34. The first-order chi connectivity index (χ1) is 10.5. The van der Waals surface area contributed by atoms with Gasteiger partial charge in [0.05, 0.1) is 18.4 Å². The fourth-order valence-electron chi connectivity index (χ4n) is 3.33. The lowest BCUT2D eigenvalue weighted by molar-refractivity contribution is 0.206. The Morgan fingerprint density at radius 2 is 1.86 bits per heavy atom. The normalized spacial score (nSPS) is 22.8. The van der Waals surface area contributed by atoms with E-state index in [2.05, 4.69) is 23.2 Å². The SMILES string of the molecule is CS(=O)(=O)OC[C@H]1CC[C@H](c2ccnc3ccccc32)CC1. The zero-order valence-electron chi connectivity index (χ0n) is 12.7. The maximum atomic E-state index is 11.1. The van der Waals surface area contributed by atoms with Gasteiger partial charge in [-0.05, 0) is 55.2 Å². The fourth-order valence-corrected chi connectivity index (χ4v) is 3.77. The van der Waals surface area contributed by atoms with Gasteiger partial charge in [-0.15, -0.1) is 0 Å². The topological polar surface area (TPSA) is 56.3 Å². The van der Waals surface area contributed by atoms with Gasteiger partial charge in [0.1, 0.15) is 0 Å². The molecule has 0 atom stereocenters. The van der Waals surface area contributed by atoms with E-state index in [9.17, 15) is 8.42 Å². The predicted octanol–water partition coefficient (Wildman–Crippen LogP) is 3.48. The van der Waals surface area contributed by atoms with Crippen LogP contribution < -0.4 is 0 Å². The van der Waals surface area contributed by atoms with Crippen LogP contribution in [0.25, 0.3) is 10.9 Å². The predicted molar refractivity (Wildman–Crippen MR) is 87.2 cm³/mol. The third-order valence-electron chi connectivity index (χ3n) is 4.49. The molecular formula is C17H21NO3S. The largest absolute Gasteiger partial charge is 0.270 e. The molecule has 1 aliphatic carbocycles. The van der Waals surface area contributed by atoms with E-state index in [1.165, 1.54) is 10.9 Å². The second-order valence-corrected chi connectivity index (χ2v) is 7.77. The van der Waals surface area contributed by atoms with Crippen molar-refractivity contribution >= 4 is 21.0 Å². The minimum Gasteiger partial charge on any atom is -0.270 e. The average Bonchev–Trinajstić information content (AvgIpc) is 2.52. The van der Waals surface area contributed by atoms with E-state index in [0.29, 0.717) is 18.4 Å². The van der Waals surface area contributed by atoms with Crippen LogP contribution in [-0.4, -0.2) is 26.3 Å². The molecule has 0 N–H and O–H groups in total. The first-order valence-corrected chi connectivity index (χ1v) is 9.52. The first kappa shape index (κ1) is 15.4. The van der Waals surface area contributed by atoms with Crippen LogP contribution in [0.3, 0.4) is 0 Å². The van der Waals surface area contributed by atoms with Crippen molar-refractivity contribution in [3.05, 3.63) is 42.1 Å². The average molecular weight is 319 g/mol. The highest BCUT2D eigenvalue weighted by atomic mass is 32.2. The minimum absolute atomic E-state index is 0.322. The van der Waals surface area contributed by atoms with Crippen molar-refractivity contribution in [2.45, 2.75) is 31.6 Å². The number of aromatic nitrogens is 1. The molecule has 0 saturated heterocycles. The fraction of sp³-hybridized carbons (Fsp3) is 0.471. The number of rotatable bonds is 4. The van der Waals surface area contributed by atoms with E-state index in [1.54, 1.807) is 0 Å². The molecule has 1 aromatic heterocycles. The maximum absolute atomic E-state index is 11.1. The second-order valence-electron chi connectivity index (χ2n) is 6.12. The third kappa shape index (κ3) is 3.65. The number of benzene rings is 1. The number of hydrogen-bond donors (Lipinski definition) is 0. The zero-order chi connectivity index (χ0) is 15.6. The Morgan fingerprint density at radius 3 is 2.59 bits per heavy atom. The summed E-state index contributed by atoms with van der Waals surface area (Å²) in [4.78, 5) is 4.42. The molecule has 5 heteroatoms. The van der Waals surface area contributed by atoms with Gasteiger partial charge in [0.15, 0.2) is 0 Å². The van der Waals surface area contributed by atoms with Crippen LogP contribution >= 0.6 is 0 Å². The molecule has 3 rings (SSSR count). The van der Waals surface area contributed by atoms with Gasteiger partial charge in [-0.1, -0.05) is 18.2 Å². The Bertz CT molecular complexity index is 744. The van der Waals surface area contributed by atoms with E-state index >= 15 is 0 Å². The van der Waals surface area contributed by atoms with Gasteiger partial charge in [-0.3, -0.25) is 9.17 Å². The van der Waals surface area contributed by atoms with Crippen molar-refractivity contribution in [1.29, 1.82) is 0 Å². The van der Waals surface area contributed by atoms with Crippen molar-refractivity contribution < 1.29 is 12.6 Å². The van der Waals surface area contributed by atoms with Crippen LogP contribution in [-0.2, 0) is 14.3 Å². The quantitative estimate of drug-likeness (QED) is 0.810. The lowest BCUT2D eigenvalue weighted by Crippen LogP contribution is -2.19. The molecule has 1 aliphatic rings. The number of nitrogens with zero attached hydrogens (tertiary/aromatic N) is 1. The van der Waals surface area contributed by atoms with Crippen LogP contribution in [0.4, 0.5) is 0 Å². The summed E-state index contributed by atoms with van der Waals surface area (Å²) in [6, 6.07) is 10.4. The van der Waals surface area contributed by atoms with Crippen molar-refractivity contribution in [2.24, 2.45) is 5.92 Å². The molecule has 1 saturated carbocycles. The smallest absolute Gasteiger partial charge is 0.264 e. The van der Waals surface area contributed by atoms with Crippen molar-refractivity contribution in [3.63, 3.8) is 0 Å². The molecule has 22 heavy (non-hydrogen) atoms. The molecule has 0 radical (unpaired) electrons. The van der Waals surface area contributed by atoms with Gasteiger partial charge in [0.2, 0.25) is 0 Å². The standard InChI is InChI=1S/C17H21NO3S/c1-22(19,20)21-12-13-6-8-14(9-7-13)15-10-11-18-17-5-3-2-4-16(15)17/h2-5,10-11,13-14H,6-9,12H2,1H3/t13-,14-. The van der Waals surface area contributed by atoms with E-state index in [1.807, 2.05) is 18.3 Å². The van der Waals surface area contributed by atoms with Gasteiger partial charge in [-0.2, -0.15) is 8.42 Å². The van der Waals surface area contributed by atoms with Crippen LogP contribution in [0.1, 0.15) is 37.2 Å². The van der Waals surface area contributed by atoms with Crippen LogP contribution in [0, 0.1) is 5.92 Å². The van der Waals surface area contributed by atoms with Gasteiger partial charge in [-0.25, -0.2) is 0 Å². The summed E-state index contributed by atoms with van der Waals surface area (Å²) in [6.45, 7) is 0.322. The summed E-state index contributed by atoms with van der Waals surface area (Å²) in [7, 11) is -3.33. The molecule has 0 bridgehead atoms. The molecule has 2 aromatic rings. The molecule has 0 aliphatic heterocycles. The third-order valence-corrected chi connectivity index (χ3v) is 5.05. The van der Waals surface area contributed by atoms with Gasteiger partial charge in [0.25, 0.3) is 10.1 Å². The summed E-state index contributed by atoms with van der Waals surface area (Å²) in [5, 5.41) is 1.24. The first-order valence-electron chi connectivity index (χ1n) is 7.71. The Balaban J connectivity index is 1.68. The number of hydrogen-bond acceptors (Lipinski definition) is 4. The molecule has 118 valence electrons. The lowest BCUT2D eigenvalue weighted by Gasteiger charge is -2.29. The van der Waals surface area contributed by atoms with E-state index in [4.69, 9.17) is 4.18 Å². The highest BCUT2D eigenvalue weighted by Crippen LogP contribution is 2.38. The zero-order valence-corrected chi connectivity index (χ0v) is 13.6. The van der Waals surface area contributed by atoms with Crippen LogP contribution in [0.15, 0.2) is 36.5 Å². The molecular weight excluding hydrogens is 298 g/mol. The molecule has 1 heterocycles. The summed E-state index contributed by atoms with van der Waals surface area (Å²) in [5.74, 6) is 0.876. The van der Waals surface area contributed by atoms with Gasteiger partial charge >= 0.3 is 0 Å². The summed E-state index contributed by atoms with van der Waals surface area (Å²) in [6.07, 6.45) is 7.17. The monoisotopic (exact) mass is 319 g/mol. The summed E-state index contributed by atoms with van der Waals surface area (Å²) >= 11 is 0. The van der Waals surface area contributed by atoms with Crippen molar-refractivity contribution in [1.82, 2.24) is 4.98 Å². The Morgan fingerprint density at radius 1 is 1.14 bits per heavy atom. The Labute approximate surface area is 131 Å². The van der Waals surface area contributed by atoms with Crippen molar-refractivity contribution in [3.8, 4) is 0 Å². The van der Waals surface area contributed by atoms with Crippen LogP contribution in [0.5, 0.6) is 0 Å². The number of pyridine rings is 1. The molecule has 0 spiro atoms. The van der Waals surface area contributed by atoms with Gasteiger partial charge < -0.3 is 0 Å². The van der Waals surface area contributed by atoms with E-state index in [-0.39, 0.29) is 0 Å². The molecule has 1 fully saturated rings. The van der Waals surface area contributed by atoms with Crippen LogP contribution in [0.2, 0.25) is 0 Å². The molecule has 1 aromatic carbocycles. The van der Waals surface area contributed by atoms with Crippen molar-refractivity contribution in [2.75, 3.05) is 12.9 Å². The van der Waals surface area contributed by atoms with Gasteiger partial charge in [0, 0.05) is 11.6 Å². The Kier molecular flexibility index (Phi) is 4.45.